The molecule has 0 aromatic rings. The number of carboxylic acids is 5. The lowest BCUT2D eigenvalue weighted by atomic mass is 9.96. The van der Waals surface area contributed by atoms with Crippen molar-refractivity contribution in [3.8, 4) is 0 Å². The third kappa shape index (κ3) is 27.2. The molecule has 0 aliphatic rings. The summed E-state index contributed by atoms with van der Waals surface area (Å²) in [4.78, 5) is 50.8. The molecule has 0 aromatic carbocycles. The molecule has 0 heterocycles. The Labute approximate surface area is 189 Å². The van der Waals surface area contributed by atoms with Crippen molar-refractivity contribution < 1.29 is 69.9 Å². The van der Waals surface area contributed by atoms with Crippen molar-refractivity contribution in [2.24, 2.45) is 0 Å². The molecule has 0 unspecified atom stereocenters. The summed E-state index contributed by atoms with van der Waals surface area (Å²) in [7, 11) is 0. The van der Waals surface area contributed by atoms with E-state index in [0.29, 0.717) is 0 Å². The number of aliphatic hydroxyl groups is 4. The Morgan fingerprint density at radius 2 is 0.879 bits per heavy atom. The average molecular weight is 486 g/mol. The molecule has 0 saturated heterocycles. The first-order valence-corrected chi connectivity index (χ1v) is 9.94. The van der Waals surface area contributed by atoms with E-state index in [1.54, 1.807) is 0 Å². The van der Waals surface area contributed by atoms with Gasteiger partial charge < -0.3 is 46.0 Å². The summed E-state index contributed by atoms with van der Waals surface area (Å²) < 4.78 is 0. The van der Waals surface area contributed by atoms with E-state index in [-0.39, 0.29) is 26.1 Å². The van der Waals surface area contributed by atoms with Gasteiger partial charge >= 0.3 is 29.8 Å². The van der Waals surface area contributed by atoms with Crippen LogP contribution in [0.1, 0.15) is 64.2 Å². The Morgan fingerprint density at radius 1 is 0.576 bits per heavy atom. The summed E-state index contributed by atoms with van der Waals surface area (Å²) in [6.45, 7) is -0.729. The highest BCUT2D eigenvalue weighted by Gasteiger charge is 2.40. The van der Waals surface area contributed by atoms with Crippen LogP contribution in [-0.4, -0.2) is 101 Å². The Balaban J connectivity index is -0.000000441. The van der Waals surface area contributed by atoms with Crippen LogP contribution in [0.15, 0.2) is 0 Å². The first kappa shape index (κ1) is 34.8. The second kappa shape index (κ2) is 21.1. The van der Waals surface area contributed by atoms with E-state index < -0.39 is 54.4 Å². The summed E-state index contributed by atoms with van der Waals surface area (Å²) in [6, 6.07) is 0. The SMILES string of the molecule is O=C(O)CC(O)(CC(=O)O)C(=O)O.O=C(O)CCCCCCCCC(=O)O.OCC(O)CO. The molecule has 0 aromatic heterocycles. The van der Waals surface area contributed by atoms with Gasteiger partial charge in [-0.1, -0.05) is 25.7 Å². The monoisotopic (exact) mass is 486 g/mol. The van der Waals surface area contributed by atoms with Crippen molar-refractivity contribution in [3.63, 3.8) is 0 Å². The molecule has 0 spiro atoms. The molecule has 0 radical (unpaired) electrons. The van der Waals surface area contributed by atoms with E-state index in [1.807, 2.05) is 0 Å². The van der Waals surface area contributed by atoms with Crippen molar-refractivity contribution in [2.75, 3.05) is 13.2 Å². The van der Waals surface area contributed by atoms with E-state index in [1.165, 1.54) is 0 Å². The van der Waals surface area contributed by atoms with Crippen LogP contribution in [0.25, 0.3) is 0 Å². The number of unbranched alkanes of at least 4 members (excludes halogenated alkanes) is 5. The Hall–Kier alpha value is -2.81. The number of hydrogen-bond donors (Lipinski definition) is 9. The molecule has 0 amide bonds. The quantitative estimate of drug-likeness (QED) is 0.123. The number of rotatable bonds is 16. The standard InChI is InChI=1S/C10H18O4.C6H8O7.C3H8O3/c11-9(12)7-5-3-1-2-4-6-8-10(13)14;7-3(8)1-6(13,5(11)12)2-4(9)10;4-1-3(6)2-5/h1-8H2,(H,11,12)(H,13,14);13H,1-2H2,(H,7,8)(H,9,10)(H,11,12);3-6H,1-2H2. The van der Waals surface area contributed by atoms with Crippen LogP contribution in [0.5, 0.6) is 0 Å². The van der Waals surface area contributed by atoms with Gasteiger partial charge in [-0.2, -0.15) is 0 Å². The zero-order valence-electron chi connectivity index (χ0n) is 18.1. The summed E-state index contributed by atoms with van der Waals surface area (Å²) in [6.07, 6.45) is 2.58. The van der Waals surface area contributed by atoms with E-state index in [9.17, 15) is 24.0 Å². The topological polar surface area (TPSA) is 267 Å². The lowest BCUT2D eigenvalue weighted by molar-refractivity contribution is -0.170. The minimum absolute atomic E-state index is 0.245. The summed E-state index contributed by atoms with van der Waals surface area (Å²) in [5.74, 6) is -6.50. The molecule has 0 aliphatic heterocycles. The number of aliphatic carboxylic acids is 5. The van der Waals surface area contributed by atoms with Gasteiger partial charge in [0.1, 0.15) is 6.10 Å². The van der Waals surface area contributed by atoms with Gasteiger partial charge in [-0.05, 0) is 12.8 Å². The number of aliphatic hydroxyl groups excluding tert-OH is 3. The van der Waals surface area contributed by atoms with Gasteiger partial charge in [0, 0.05) is 12.8 Å². The first-order chi connectivity index (χ1) is 15.2. The van der Waals surface area contributed by atoms with Crippen LogP contribution in [0.3, 0.4) is 0 Å². The molecule has 0 bridgehead atoms. The molecule has 0 fully saturated rings. The minimum atomic E-state index is -2.74. The lowest BCUT2D eigenvalue weighted by Crippen LogP contribution is -2.42. The number of hydrogen-bond acceptors (Lipinski definition) is 9. The molecule has 0 saturated carbocycles. The van der Waals surface area contributed by atoms with E-state index in [0.717, 1.165) is 38.5 Å². The van der Waals surface area contributed by atoms with Crippen LogP contribution >= 0.6 is 0 Å². The van der Waals surface area contributed by atoms with Crippen LogP contribution in [-0.2, 0) is 24.0 Å². The summed E-state index contributed by atoms with van der Waals surface area (Å²) in [5, 5.41) is 74.5. The maximum Gasteiger partial charge on any atom is 0.336 e. The molecule has 14 heteroatoms. The molecular formula is C19H34O14. The molecule has 0 atom stereocenters. The molecule has 0 rings (SSSR count). The van der Waals surface area contributed by atoms with Crippen LogP contribution in [0.4, 0.5) is 0 Å². The molecule has 14 nitrogen and oxygen atoms in total. The van der Waals surface area contributed by atoms with Crippen molar-refractivity contribution in [1.82, 2.24) is 0 Å². The second-order valence-corrected chi connectivity index (χ2v) is 6.91. The molecule has 194 valence electrons. The molecule has 0 aliphatic carbocycles. The van der Waals surface area contributed by atoms with Crippen LogP contribution in [0, 0.1) is 0 Å². The Bertz CT molecular complexity index is 549. The maximum absolute atomic E-state index is 10.3. The van der Waals surface area contributed by atoms with E-state index >= 15 is 0 Å². The van der Waals surface area contributed by atoms with Crippen molar-refractivity contribution >= 4 is 29.8 Å². The lowest BCUT2D eigenvalue weighted by Gasteiger charge is -2.18. The fourth-order valence-corrected chi connectivity index (χ4v) is 2.03. The largest absolute Gasteiger partial charge is 0.481 e. The third-order valence-corrected chi connectivity index (χ3v) is 3.74. The van der Waals surface area contributed by atoms with Gasteiger partial charge in [-0.25, -0.2) is 4.79 Å². The number of carboxylic acid groups (broad SMARTS) is 5. The van der Waals surface area contributed by atoms with E-state index in [4.69, 9.17) is 46.0 Å². The van der Waals surface area contributed by atoms with E-state index in [2.05, 4.69) is 0 Å². The van der Waals surface area contributed by atoms with Crippen molar-refractivity contribution in [2.45, 2.75) is 75.9 Å². The first-order valence-electron chi connectivity index (χ1n) is 9.94. The molecular weight excluding hydrogens is 452 g/mol. The van der Waals surface area contributed by atoms with Crippen LogP contribution in [0.2, 0.25) is 0 Å². The summed E-state index contributed by atoms with van der Waals surface area (Å²) >= 11 is 0. The fourth-order valence-electron chi connectivity index (χ4n) is 2.03. The van der Waals surface area contributed by atoms with Gasteiger partial charge in [0.2, 0.25) is 0 Å². The zero-order chi connectivity index (χ0) is 26.4. The third-order valence-electron chi connectivity index (χ3n) is 3.74. The van der Waals surface area contributed by atoms with Crippen LogP contribution < -0.4 is 0 Å². The van der Waals surface area contributed by atoms with Crippen molar-refractivity contribution in [1.29, 1.82) is 0 Å². The van der Waals surface area contributed by atoms with Gasteiger partial charge in [-0.15, -0.1) is 0 Å². The Kier molecular flexibility index (Phi) is 22.2. The average Bonchev–Trinajstić information content (AvgIpc) is 2.68. The summed E-state index contributed by atoms with van der Waals surface area (Å²) in [5.41, 5.74) is -2.74. The zero-order valence-corrected chi connectivity index (χ0v) is 18.1. The van der Waals surface area contributed by atoms with Crippen molar-refractivity contribution in [3.05, 3.63) is 0 Å². The van der Waals surface area contributed by atoms with Gasteiger partial charge in [0.15, 0.2) is 5.60 Å². The minimum Gasteiger partial charge on any atom is -0.481 e. The van der Waals surface area contributed by atoms with Gasteiger partial charge in [0.25, 0.3) is 0 Å². The smallest absolute Gasteiger partial charge is 0.336 e. The normalized spacial score (nSPS) is 10.3. The maximum atomic E-state index is 10.3. The van der Waals surface area contributed by atoms with Gasteiger partial charge in [0.05, 0.1) is 26.1 Å². The Morgan fingerprint density at radius 3 is 1.06 bits per heavy atom. The highest BCUT2D eigenvalue weighted by molar-refractivity contribution is 5.88. The predicted octanol–water partition coefficient (Wildman–Crippen LogP) is -0.640. The molecule has 9 N–H and O–H groups in total. The molecule has 33 heavy (non-hydrogen) atoms. The predicted molar refractivity (Wildman–Crippen MR) is 109 cm³/mol. The second-order valence-electron chi connectivity index (χ2n) is 6.91. The number of carbonyl (C=O) groups is 5. The van der Waals surface area contributed by atoms with Gasteiger partial charge in [-0.3, -0.25) is 19.2 Å². The highest BCUT2D eigenvalue weighted by Crippen LogP contribution is 2.15. The fraction of sp³-hybridized carbons (Fsp3) is 0.737. The highest BCUT2D eigenvalue weighted by atomic mass is 16.4.